The third kappa shape index (κ3) is 1.04. The summed E-state index contributed by atoms with van der Waals surface area (Å²) in [5, 5.41) is 0. The van der Waals surface area contributed by atoms with E-state index < -0.39 is 0 Å². The van der Waals surface area contributed by atoms with Crippen LogP contribution in [0.3, 0.4) is 0 Å². The van der Waals surface area contributed by atoms with Crippen molar-refractivity contribution in [3.63, 3.8) is 0 Å². The standard InChI is InChI=1S/OS4/c1-2-4-5-3-1. The van der Waals surface area contributed by atoms with Gasteiger partial charge in [0.1, 0.15) is 21.3 Å². The Balaban J connectivity index is 3.13. The van der Waals surface area contributed by atoms with Crippen LogP contribution in [0.2, 0.25) is 0 Å². The van der Waals surface area contributed by atoms with Gasteiger partial charge in [-0.15, -0.1) is 0 Å². The van der Waals surface area contributed by atoms with Crippen molar-refractivity contribution in [3.05, 3.63) is 0 Å². The highest BCUT2D eigenvalue weighted by atomic mass is 33.4. The molecule has 0 fully saturated rings. The molecule has 0 N–H and O–H groups in total. The second-order valence-corrected chi connectivity index (χ2v) is 5.51. The van der Waals surface area contributed by atoms with E-state index in [0.29, 0.717) is 0 Å². The lowest BCUT2D eigenvalue weighted by Gasteiger charge is -1.40. The first kappa shape index (κ1) is 3.86. The Bertz CT molecular complexity index is 60.1. The minimum atomic E-state index is 1.42. The van der Waals surface area contributed by atoms with E-state index in [1.807, 2.05) is 0 Å². The summed E-state index contributed by atoms with van der Waals surface area (Å²) in [4.78, 5) is 0. The van der Waals surface area contributed by atoms with Gasteiger partial charge in [0, 0.05) is 18.7 Å². The Morgan fingerprint density at radius 1 is 1.00 bits per heavy atom. The fourth-order valence-electron chi connectivity index (χ4n) is 0.0567. The van der Waals surface area contributed by atoms with Crippen LogP contribution < -0.4 is 0 Å². The molecule has 1 nitrogen and oxygen atoms in total. The molecule has 1 aromatic rings. The highest BCUT2D eigenvalue weighted by Gasteiger charge is 1.65. The van der Waals surface area contributed by atoms with Crippen LogP contribution in [-0.4, -0.2) is 0 Å². The van der Waals surface area contributed by atoms with Crippen molar-refractivity contribution in [2.45, 2.75) is 0 Å². The zero-order chi connectivity index (χ0) is 3.54. The van der Waals surface area contributed by atoms with Crippen molar-refractivity contribution in [3.8, 4) is 0 Å². The van der Waals surface area contributed by atoms with Crippen LogP contribution in [0.15, 0.2) is 3.28 Å². The molecule has 1 heterocycles. The molecule has 0 amide bonds. The lowest BCUT2D eigenvalue weighted by atomic mass is 15.9. The topological polar surface area (TPSA) is 13.1 Å². The van der Waals surface area contributed by atoms with Crippen molar-refractivity contribution >= 4 is 40.0 Å². The lowest BCUT2D eigenvalue weighted by Crippen LogP contribution is -0.910. The molecule has 0 bridgehead atoms. The molecule has 0 radical (unpaired) electrons. The van der Waals surface area contributed by atoms with Gasteiger partial charge in [0.05, 0.1) is 0 Å². The number of hydrogen-bond donors (Lipinski definition) is 0. The van der Waals surface area contributed by atoms with Gasteiger partial charge in [-0.25, -0.2) is 0 Å². The fourth-order valence-corrected chi connectivity index (χ4v) is 4.59. The van der Waals surface area contributed by atoms with Gasteiger partial charge in [-0.05, 0) is 0 Å². The maximum atomic E-state index is 4.70. The van der Waals surface area contributed by atoms with Gasteiger partial charge >= 0.3 is 0 Å². The average molecular weight is 144 g/mol. The van der Waals surface area contributed by atoms with Gasteiger partial charge in [0.25, 0.3) is 0 Å². The SMILES string of the molecule is o1ssss1. The van der Waals surface area contributed by atoms with E-state index in [9.17, 15) is 0 Å². The molecule has 1 aromatic heterocycles. The van der Waals surface area contributed by atoms with Crippen molar-refractivity contribution < 1.29 is 3.28 Å². The predicted molar refractivity (Wildman–Crippen MR) is 27.8 cm³/mol. The van der Waals surface area contributed by atoms with Gasteiger partial charge in [-0.2, -0.15) is 0 Å². The van der Waals surface area contributed by atoms with Crippen LogP contribution in [0, 0.1) is 0 Å². The summed E-state index contributed by atoms with van der Waals surface area (Å²) in [6.07, 6.45) is 0. The molecule has 0 atom stereocenters. The Hall–Kier alpha value is 0.680. The molecule has 30 valence electrons. The molecule has 0 unspecified atom stereocenters. The molecule has 5 heavy (non-hydrogen) atoms. The van der Waals surface area contributed by atoms with Crippen molar-refractivity contribution in [1.82, 2.24) is 0 Å². The van der Waals surface area contributed by atoms with Gasteiger partial charge < -0.3 is 3.28 Å². The smallest absolute Gasteiger partial charge is 0.132 e. The highest BCUT2D eigenvalue weighted by molar-refractivity contribution is 8.07. The van der Waals surface area contributed by atoms with E-state index >= 15 is 0 Å². The largest absolute Gasteiger partial charge is 0.321 e. The summed E-state index contributed by atoms with van der Waals surface area (Å²) in [6, 6.07) is 0. The summed E-state index contributed by atoms with van der Waals surface area (Å²) < 4.78 is 4.70. The molecule has 0 saturated heterocycles. The van der Waals surface area contributed by atoms with Gasteiger partial charge in [-0.1, -0.05) is 0 Å². The molecule has 1 rings (SSSR count). The molecule has 0 aliphatic rings. The predicted octanol–water partition coefficient (Wildman–Crippen LogP) is 2.65. The maximum absolute atomic E-state index is 4.70. The first-order valence-electron chi connectivity index (χ1n) is 0.833. The molecule has 0 saturated carbocycles. The van der Waals surface area contributed by atoms with E-state index in [2.05, 4.69) is 0 Å². The minimum Gasteiger partial charge on any atom is -0.321 e. The first-order chi connectivity index (χ1) is 2.50. The number of rotatable bonds is 0. The van der Waals surface area contributed by atoms with E-state index in [1.165, 1.54) is 21.3 Å². The summed E-state index contributed by atoms with van der Waals surface area (Å²) in [5.41, 5.74) is 0. The first-order valence-corrected chi connectivity index (χ1v) is 5.50. The monoisotopic (exact) mass is 144 g/mol. The molecular weight excluding hydrogens is 144 g/mol. The maximum Gasteiger partial charge on any atom is 0.132 e. The Morgan fingerprint density at radius 3 is 1.80 bits per heavy atom. The van der Waals surface area contributed by atoms with Crippen LogP contribution in [0.5, 0.6) is 0 Å². The van der Waals surface area contributed by atoms with Crippen LogP contribution in [0.4, 0.5) is 0 Å². The zero-order valence-corrected chi connectivity index (χ0v) is 5.31. The summed E-state index contributed by atoms with van der Waals surface area (Å²) in [7, 11) is 6.13. The zero-order valence-electron chi connectivity index (χ0n) is 2.04. The van der Waals surface area contributed by atoms with Crippen LogP contribution in [0.25, 0.3) is 0 Å². The van der Waals surface area contributed by atoms with Crippen LogP contribution in [-0.2, 0) is 0 Å². The van der Waals surface area contributed by atoms with Gasteiger partial charge in [-0.3, -0.25) is 0 Å². The Morgan fingerprint density at radius 2 is 1.60 bits per heavy atom. The van der Waals surface area contributed by atoms with Gasteiger partial charge in [0.2, 0.25) is 0 Å². The third-order valence-electron chi connectivity index (χ3n) is 0.139. The molecular formula is OS4. The van der Waals surface area contributed by atoms with E-state index in [1.54, 1.807) is 18.7 Å². The molecule has 0 aromatic carbocycles. The normalized spacial score (nSPS) is 8.00. The molecule has 0 aliphatic heterocycles. The third-order valence-corrected chi connectivity index (χ3v) is 5.25. The Labute approximate surface area is 43.4 Å². The van der Waals surface area contributed by atoms with E-state index in [0.717, 1.165) is 0 Å². The molecule has 0 aliphatic carbocycles. The lowest BCUT2D eigenvalue weighted by molar-refractivity contribution is 0.848. The number of hydrogen-bond acceptors (Lipinski definition) is 5. The summed E-state index contributed by atoms with van der Waals surface area (Å²) >= 11 is 0. The average Bonchev–Trinajstić information content (AvgIpc) is 1.76. The summed E-state index contributed by atoms with van der Waals surface area (Å²) in [6.45, 7) is 0. The Kier molecular flexibility index (Phi) is 1.52. The van der Waals surface area contributed by atoms with E-state index in [-0.39, 0.29) is 0 Å². The molecule has 0 spiro atoms. The second-order valence-electron chi connectivity index (χ2n) is 0.340. The highest BCUT2D eigenvalue weighted by Crippen LogP contribution is 2.18. The van der Waals surface area contributed by atoms with Gasteiger partial charge in [0.15, 0.2) is 0 Å². The quantitative estimate of drug-likeness (QED) is 0.510. The van der Waals surface area contributed by atoms with Crippen molar-refractivity contribution in [2.24, 2.45) is 0 Å². The molecule has 5 heteroatoms. The fraction of sp³-hybridized carbons (Fsp3) is 0. The van der Waals surface area contributed by atoms with Crippen LogP contribution in [0.1, 0.15) is 0 Å². The minimum absolute atomic E-state index is 1.42. The van der Waals surface area contributed by atoms with Crippen molar-refractivity contribution in [2.75, 3.05) is 0 Å². The van der Waals surface area contributed by atoms with E-state index in [4.69, 9.17) is 3.28 Å². The van der Waals surface area contributed by atoms with Crippen LogP contribution >= 0.6 is 40.0 Å². The van der Waals surface area contributed by atoms with Crippen molar-refractivity contribution in [1.29, 1.82) is 0 Å². The summed E-state index contributed by atoms with van der Waals surface area (Å²) in [5.74, 6) is 0. The second kappa shape index (κ2) is 1.96.